The molecule has 0 aliphatic carbocycles. The van der Waals surface area contributed by atoms with Crippen molar-refractivity contribution >= 4 is 58.9 Å². The number of halogens is 2. The van der Waals surface area contributed by atoms with Crippen molar-refractivity contribution in [2.24, 2.45) is 0 Å². The predicted molar refractivity (Wildman–Crippen MR) is 119 cm³/mol. The van der Waals surface area contributed by atoms with Gasteiger partial charge in [0.25, 0.3) is 11.8 Å². The summed E-state index contributed by atoms with van der Waals surface area (Å²) in [6.07, 6.45) is -6.06. The molecule has 0 bridgehead atoms. The van der Waals surface area contributed by atoms with E-state index in [1.807, 2.05) is 0 Å². The lowest BCUT2D eigenvalue weighted by Gasteiger charge is -2.46. The summed E-state index contributed by atoms with van der Waals surface area (Å²) in [5.41, 5.74) is -0.216. The van der Waals surface area contributed by atoms with E-state index in [1.54, 1.807) is 0 Å². The first-order valence-electron chi connectivity index (χ1n) is 10.5. The highest BCUT2D eigenvalue weighted by Gasteiger charge is 2.58. The molecule has 1 aromatic rings. The average molecular weight is 546 g/mol. The number of ether oxygens (including phenoxy) is 5. The van der Waals surface area contributed by atoms with Gasteiger partial charge in [-0.1, -0.05) is 23.2 Å². The summed E-state index contributed by atoms with van der Waals surface area (Å²) in [6.45, 7) is 3.77. The normalized spacial score (nSPS) is 25.2. The molecule has 2 aliphatic heterocycles. The van der Waals surface area contributed by atoms with Gasteiger partial charge < -0.3 is 23.7 Å². The molecule has 14 heteroatoms. The SMILES string of the molecule is CC(=O)OC[C@H]1O[C@H](OC(C)=O)[C@H](N2C(=O)c3cc(Cl)c(Cl)cc3C2=O)[C@@H](OC(C)=O)[C@@H]1OC(C)=O. The minimum Gasteiger partial charge on any atom is -0.463 e. The van der Waals surface area contributed by atoms with Crippen LogP contribution in [0.2, 0.25) is 10.0 Å². The number of imide groups is 1. The van der Waals surface area contributed by atoms with Crippen LogP contribution in [0.5, 0.6) is 0 Å². The van der Waals surface area contributed by atoms with Gasteiger partial charge in [0, 0.05) is 27.7 Å². The Labute approximate surface area is 214 Å². The van der Waals surface area contributed by atoms with E-state index >= 15 is 0 Å². The number of fused-ring (bicyclic) bond motifs is 1. The van der Waals surface area contributed by atoms with Crippen LogP contribution in [0.3, 0.4) is 0 Å². The van der Waals surface area contributed by atoms with Gasteiger partial charge >= 0.3 is 23.9 Å². The van der Waals surface area contributed by atoms with Gasteiger partial charge in [0.2, 0.25) is 6.29 Å². The van der Waals surface area contributed by atoms with Gasteiger partial charge in [-0.05, 0) is 12.1 Å². The molecule has 0 radical (unpaired) electrons. The molecule has 194 valence electrons. The zero-order valence-corrected chi connectivity index (χ0v) is 21.0. The molecule has 1 saturated heterocycles. The van der Waals surface area contributed by atoms with E-state index in [4.69, 9.17) is 46.9 Å². The van der Waals surface area contributed by atoms with Crippen molar-refractivity contribution in [3.63, 3.8) is 0 Å². The Kier molecular flexibility index (Phi) is 8.22. The lowest BCUT2D eigenvalue weighted by molar-refractivity contribution is -0.278. The molecule has 36 heavy (non-hydrogen) atoms. The monoisotopic (exact) mass is 545 g/mol. The fourth-order valence-electron chi connectivity index (χ4n) is 3.94. The Balaban J connectivity index is 2.14. The lowest BCUT2D eigenvalue weighted by atomic mass is 9.94. The molecule has 0 N–H and O–H groups in total. The second-order valence-corrected chi connectivity index (χ2v) is 8.70. The summed E-state index contributed by atoms with van der Waals surface area (Å²) >= 11 is 12.0. The summed E-state index contributed by atoms with van der Waals surface area (Å²) in [4.78, 5) is 74.6. The summed E-state index contributed by atoms with van der Waals surface area (Å²) in [7, 11) is 0. The number of nitrogens with zero attached hydrogens (tertiary/aromatic N) is 1. The maximum absolute atomic E-state index is 13.3. The average Bonchev–Trinajstić information content (AvgIpc) is 2.98. The number of esters is 4. The first kappa shape index (κ1) is 27.4. The molecule has 0 unspecified atom stereocenters. The molecule has 12 nitrogen and oxygen atoms in total. The molecule has 0 spiro atoms. The maximum Gasteiger partial charge on any atom is 0.305 e. The molecular formula is C22H21Cl2NO11. The second kappa shape index (κ2) is 10.8. The molecule has 2 amide bonds. The van der Waals surface area contributed by atoms with Crippen molar-refractivity contribution in [3.05, 3.63) is 33.3 Å². The van der Waals surface area contributed by atoms with Crippen LogP contribution in [0.4, 0.5) is 0 Å². The van der Waals surface area contributed by atoms with Gasteiger partial charge in [-0.3, -0.25) is 33.7 Å². The third kappa shape index (κ3) is 5.61. The van der Waals surface area contributed by atoms with E-state index < -0.39 is 72.9 Å². The largest absolute Gasteiger partial charge is 0.463 e. The Hall–Kier alpha value is -3.22. The van der Waals surface area contributed by atoms with Crippen LogP contribution >= 0.6 is 23.2 Å². The Morgan fingerprint density at radius 3 is 1.72 bits per heavy atom. The molecule has 0 saturated carbocycles. The van der Waals surface area contributed by atoms with Gasteiger partial charge in [0.1, 0.15) is 18.8 Å². The standard InChI is InChI=1S/C22H21Cl2NO11/c1-8(26)32-7-16-18(33-9(2)27)19(34-10(3)28)17(22(36-16)35-11(4)29)25-20(30)12-5-14(23)15(24)6-13(12)21(25)31/h5-6,16-19,22H,7H2,1-4H3/t16-,17-,18-,19-,22+/m1/s1. The molecule has 5 atom stereocenters. The van der Waals surface area contributed by atoms with E-state index in [0.29, 0.717) is 4.90 Å². The van der Waals surface area contributed by atoms with Crippen LogP contribution < -0.4 is 0 Å². The fraction of sp³-hybridized carbons (Fsp3) is 0.455. The summed E-state index contributed by atoms with van der Waals surface area (Å²) in [6, 6.07) is 0.774. The summed E-state index contributed by atoms with van der Waals surface area (Å²) in [5, 5.41) is 0.0104. The first-order valence-corrected chi connectivity index (χ1v) is 11.2. The highest BCUT2D eigenvalue weighted by Crippen LogP contribution is 2.37. The van der Waals surface area contributed by atoms with E-state index in [-0.39, 0.29) is 21.2 Å². The third-order valence-electron chi connectivity index (χ3n) is 5.21. The minimum atomic E-state index is -1.70. The highest BCUT2D eigenvalue weighted by molar-refractivity contribution is 6.43. The number of carbonyl (C=O) groups excluding carboxylic acids is 6. The molecule has 2 heterocycles. The number of rotatable bonds is 6. The van der Waals surface area contributed by atoms with Crippen LogP contribution in [-0.2, 0) is 42.9 Å². The Morgan fingerprint density at radius 1 is 0.806 bits per heavy atom. The van der Waals surface area contributed by atoms with Gasteiger partial charge in [-0.15, -0.1) is 0 Å². The van der Waals surface area contributed by atoms with Gasteiger partial charge in [0.15, 0.2) is 12.2 Å². The van der Waals surface area contributed by atoms with Crippen molar-refractivity contribution in [1.29, 1.82) is 0 Å². The van der Waals surface area contributed by atoms with E-state index in [1.165, 1.54) is 12.1 Å². The van der Waals surface area contributed by atoms with Gasteiger partial charge in [-0.25, -0.2) is 0 Å². The zero-order chi connectivity index (χ0) is 26.9. The molecule has 0 aromatic heterocycles. The quantitative estimate of drug-likeness (QED) is 0.291. The Bertz CT molecular complexity index is 1100. The van der Waals surface area contributed by atoms with E-state index in [9.17, 15) is 28.8 Å². The van der Waals surface area contributed by atoms with Crippen molar-refractivity contribution in [2.45, 2.75) is 58.3 Å². The smallest absolute Gasteiger partial charge is 0.305 e. The Morgan fingerprint density at radius 2 is 1.28 bits per heavy atom. The van der Waals surface area contributed by atoms with E-state index in [2.05, 4.69) is 0 Å². The highest BCUT2D eigenvalue weighted by atomic mass is 35.5. The van der Waals surface area contributed by atoms with Crippen LogP contribution in [-0.4, -0.2) is 77.8 Å². The molecule has 3 rings (SSSR count). The number of amides is 2. The molecular weight excluding hydrogens is 525 g/mol. The zero-order valence-electron chi connectivity index (χ0n) is 19.4. The number of benzene rings is 1. The number of carbonyl (C=O) groups is 6. The summed E-state index contributed by atoms with van der Waals surface area (Å²) in [5.74, 6) is -5.04. The van der Waals surface area contributed by atoms with Crippen molar-refractivity contribution in [3.8, 4) is 0 Å². The third-order valence-corrected chi connectivity index (χ3v) is 5.93. The fourth-order valence-corrected chi connectivity index (χ4v) is 4.27. The van der Waals surface area contributed by atoms with E-state index in [0.717, 1.165) is 27.7 Å². The van der Waals surface area contributed by atoms with Crippen LogP contribution in [0.1, 0.15) is 48.4 Å². The van der Waals surface area contributed by atoms with Crippen molar-refractivity contribution in [2.75, 3.05) is 6.61 Å². The second-order valence-electron chi connectivity index (χ2n) is 7.89. The summed E-state index contributed by atoms with van der Waals surface area (Å²) < 4.78 is 26.7. The molecule has 2 aliphatic rings. The van der Waals surface area contributed by atoms with Crippen LogP contribution in [0.15, 0.2) is 12.1 Å². The molecule has 1 aromatic carbocycles. The maximum atomic E-state index is 13.3. The van der Waals surface area contributed by atoms with Crippen LogP contribution in [0, 0.1) is 0 Å². The lowest BCUT2D eigenvalue weighted by Crippen LogP contribution is -2.67. The molecule has 1 fully saturated rings. The topological polar surface area (TPSA) is 152 Å². The van der Waals surface area contributed by atoms with Gasteiger partial charge in [0.05, 0.1) is 21.2 Å². The predicted octanol–water partition coefficient (Wildman–Crippen LogP) is 1.67. The van der Waals surface area contributed by atoms with Gasteiger partial charge in [-0.2, -0.15) is 0 Å². The van der Waals surface area contributed by atoms with Crippen molar-refractivity contribution in [1.82, 2.24) is 4.90 Å². The first-order chi connectivity index (χ1) is 16.8. The number of hydrogen-bond donors (Lipinski definition) is 0. The van der Waals surface area contributed by atoms with Crippen LogP contribution in [0.25, 0.3) is 0 Å². The number of hydrogen-bond acceptors (Lipinski definition) is 11. The minimum absolute atomic E-state index is 0.00520. The van der Waals surface area contributed by atoms with Crippen molar-refractivity contribution < 1.29 is 52.5 Å².